The number of carbonyl (C=O) groups excluding carboxylic acids is 1. The molecular formula is C16H14ClNO4. The molecule has 2 aromatic carbocycles. The fourth-order valence-electron chi connectivity index (χ4n) is 2.21. The van der Waals surface area contributed by atoms with Gasteiger partial charge in [0.15, 0.2) is 11.5 Å². The number of methoxy groups -OCH3 is 1. The molecule has 0 saturated heterocycles. The first-order valence-corrected chi connectivity index (χ1v) is 7.05. The molecule has 0 saturated carbocycles. The van der Waals surface area contributed by atoms with Gasteiger partial charge < -0.3 is 19.5 Å². The van der Waals surface area contributed by atoms with Crippen molar-refractivity contribution in [1.82, 2.24) is 0 Å². The highest BCUT2D eigenvalue weighted by Crippen LogP contribution is 2.33. The van der Waals surface area contributed by atoms with Gasteiger partial charge in [-0.3, -0.25) is 4.79 Å². The minimum atomic E-state index is -0.167. The van der Waals surface area contributed by atoms with E-state index in [-0.39, 0.29) is 19.1 Å². The van der Waals surface area contributed by atoms with Gasteiger partial charge in [-0.15, -0.1) is 0 Å². The van der Waals surface area contributed by atoms with Crippen LogP contribution < -0.4 is 19.5 Å². The lowest BCUT2D eigenvalue weighted by molar-refractivity contribution is -0.115. The Balaban J connectivity index is 1.71. The van der Waals surface area contributed by atoms with Gasteiger partial charge in [-0.05, 0) is 35.9 Å². The summed E-state index contributed by atoms with van der Waals surface area (Å²) >= 11 is 5.94. The van der Waals surface area contributed by atoms with Crippen molar-refractivity contribution >= 4 is 23.2 Å². The summed E-state index contributed by atoms with van der Waals surface area (Å²) in [5, 5.41) is 3.33. The van der Waals surface area contributed by atoms with Crippen molar-refractivity contribution < 1.29 is 19.0 Å². The predicted molar refractivity (Wildman–Crippen MR) is 82.9 cm³/mol. The van der Waals surface area contributed by atoms with E-state index in [4.69, 9.17) is 25.8 Å². The molecular weight excluding hydrogens is 306 g/mol. The molecule has 0 radical (unpaired) electrons. The Morgan fingerprint density at radius 2 is 2.05 bits per heavy atom. The van der Waals surface area contributed by atoms with Crippen LogP contribution in [-0.4, -0.2) is 19.8 Å². The number of benzene rings is 2. The molecule has 0 unspecified atom stereocenters. The van der Waals surface area contributed by atoms with Crippen LogP contribution >= 0.6 is 11.6 Å². The third kappa shape index (κ3) is 3.09. The summed E-state index contributed by atoms with van der Waals surface area (Å²) in [7, 11) is 1.54. The highest BCUT2D eigenvalue weighted by Gasteiger charge is 2.15. The van der Waals surface area contributed by atoms with E-state index in [1.165, 1.54) is 7.11 Å². The molecule has 6 heteroatoms. The van der Waals surface area contributed by atoms with Crippen molar-refractivity contribution in [2.45, 2.75) is 6.42 Å². The van der Waals surface area contributed by atoms with Crippen LogP contribution in [0.2, 0.25) is 5.02 Å². The van der Waals surface area contributed by atoms with E-state index in [0.29, 0.717) is 28.0 Å². The summed E-state index contributed by atoms with van der Waals surface area (Å²) in [6, 6.07) is 10.5. The molecule has 5 nitrogen and oxygen atoms in total. The first-order chi connectivity index (χ1) is 10.7. The molecule has 1 aliphatic rings. The Kier molecular flexibility index (Phi) is 4.06. The monoisotopic (exact) mass is 319 g/mol. The second-order valence-electron chi connectivity index (χ2n) is 4.76. The van der Waals surface area contributed by atoms with E-state index in [9.17, 15) is 4.79 Å². The maximum atomic E-state index is 12.2. The number of rotatable bonds is 4. The quantitative estimate of drug-likeness (QED) is 0.939. The molecule has 114 valence electrons. The zero-order valence-corrected chi connectivity index (χ0v) is 12.6. The van der Waals surface area contributed by atoms with Gasteiger partial charge >= 0.3 is 0 Å². The van der Waals surface area contributed by atoms with Crippen molar-refractivity contribution in [3.63, 3.8) is 0 Å². The molecule has 3 rings (SSSR count). The van der Waals surface area contributed by atoms with Gasteiger partial charge in [-0.25, -0.2) is 0 Å². The molecule has 0 fully saturated rings. The second-order valence-corrected chi connectivity index (χ2v) is 5.19. The number of amides is 1. The van der Waals surface area contributed by atoms with Gasteiger partial charge in [0.2, 0.25) is 12.7 Å². The van der Waals surface area contributed by atoms with Crippen molar-refractivity contribution in [1.29, 1.82) is 0 Å². The van der Waals surface area contributed by atoms with E-state index >= 15 is 0 Å². The summed E-state index contributed by atoms with van der Waals surface area (Å²) in [6.07, 6.45) is 0.215. The van der Waals surface area contributed by atoms with E-state index in [1.54, 1.807) is 30.3 Å². The van der Waals surface area contributed by atoms with E-state index < -0.39 is 0 Å². The number of anilines is 1. The number of nitrogens with one attached hydrogen (secondary N) is 1. The second kappa shape index (κ2) is 6.15. The first kappa shape index (κ1) is 14.5. The van der Waals surface area contributed by atoms with Crippen LogP contribution in [0.25, 0.3) is 0 Å². The fourth-order valence-corrected chi connectivity index (χ4v) is 2.38. The number of carbonyl (C=O) groups is 1. The van der Waals surface area contributed by atoms with Crippen molar-refractivity contribution in [2.24, 2.45) is 0 Å². The predicted octanol–water partition coefficient (Wildman–Crippen LogP) is 3.26. The zero-order chi connectivity index (χ0) is 15.5. The molecule has 0 aliphatic carbocycles. The Morgan fingerprint density at radius 1 is 1.23 bits per heavy atom. The summed E-state index contributed by atoms with van der Waals surface area (Å²) < 4.78 is 15.7. The van der Waals surface area contributed by atoms with Gasteiger partial charge in [0.05, 0.1) is 19.2 Å². The minimum absolute atomic E-state index is 0.167. The number of fused-ring (bicyclic) bond motifs is 1. The van der Waals surface area contributed by atoms with E-state index in [0.717, 1.165) is 5.56 Å². The van der Waals surface area contributed by atoms with Crippen molar-refractivity contribution in [3.05, 3.63) is 47.0 Å². The molecule has 1 heterocycles. The summed E-state index contributed by atoms with van der Waals surface area (Å²) in [5.74, 6) is 1.74. The van der Waals surface area contributed by atoms with E-state index in [1.807, 2.05) is 6.07 Å². The lowest BCUT2D eigenvalue weighted by atomic mass is 10.1. The topological polar surface area (TPSA) is 56.8 Å². The first-order valence-electron chi connectivity index (χ1n) is 6.67. The van der Waals surface area contributed by atoms with E-state index in [2.05, 4.69) is 5.32 Å². The van der Waals surface area contributed by atoms with Gasteiger partial charge in [-0.1, -0.05) is 17.7 Å². The summed E-state index contributed by atoms with van der Waals surface area (Å²) in [4.78, 5) is 12.2. The third-order valence-corrected chi connectivity index (χ3v) is 3.47. The van der Waals surface area contributed by atoms with Gasteiger partial charge in [-0.2, -0.15) is 0 Å². The van der Waals surface area contributed by atoms with Gasteiger partial charge in [0, 0.05) is 5.02 Å². The molecule has 22 heavy (non-hydrogen) atoms. The Morgan fingerprint density at radius 3 is 2.86 bits per heavy atom. The number of hydrogen-bond donors (Lipinski definition) is 1. The van der Waals surface area contributed by atoms with Crippen LogP contribution in [0.1, 0.15) is 5.56 Å². The van der Waals surface area contributed by atoms with Crippen LogP contribution in [-0.2, 0) is 11.2 Å². The maximum absolute atomic E-state index is 12.2. The fraction of sp³-hybridized carbons (Fsp3) is 0.188. The lowest BCUT2D eigenvalue weighted by Crippen LogP contribution is -2.15. The highest BCUT2D eigenvalue weighted by atomic mass is 35.5. The number of ether oxygens (including phenoxy) is 3. The smallest absolute Gasteiger partial charge is 0.231 e. The van der Waals surface area contributed by atoms with Crippen LogP contribution in [0.3, 0.4) is 0 Å². The molecule has 1 N–H and O–H groups in total. The van der Waals surface area contributed by atoms with Crippen LogP contribution in [0.5, 0.6) is 17.2 Å². The normalized spacial score (nSPS) is 12.1. The Hall–Kier alpha value is -2.40. The SMILES string of the molecule is COc1ccc(Cl)cc1NC(=O)Cc1ccc2c(c1)OCO2. The molecule has 0 bridgehead atoms. The molecule has 1 aliphatic heterocycles. The standard InChI is InChI=1S/C16H14ClNO4/c1-20-13-5-3-11(17)8-12(13)18-16(19)7-10-2-4-14-15(6-10)22-9-21-14/h2-6,8H,7,9H2,1H3,(H,18,19). The van der Waals surface area contributed by atoms with Gasteiger partial charge in [0.1, 0.15) is 5.75 Å². The van der Waals surface area contributed by atoms with Crippen LogP contribution in [0.15, 0.2) is 36.4 Å². The van der Waals surface area contributed by atoms with Crippen molar-refractivity contribution in [2.75, 3.05) is 19.2 Å². The maximum Gasteiger partial charge on any atom is 0.231 e. The average molecular weight is 320 g/mol. The number of hydrogen-bond acceptors (Lipinski definition) is 4. The molecule has 0 atom stereocenters. The average Bonchev–Trinajstić information content (AvgIpc) is 2.95. The Labute approximate surface area is 132 Å². The van der Waals surface area contributed by atoms with Gasteiger partial charge in [0.25, 0.3) is 0 Å². The number of halogens is 1. The molecule has 1 amide bonds. The summed E-state index contributed by atoms with van der Waals surface area (Å²) in [5.41, 5.74) is 1.38. The summed E-state index contributed by atoms with van der Waals surface area (Å²) in [6.45, 7) is 0.213. The van der Waals surface area contributed by atoms with Crippen LogP contribution in [0, 0.1) is 0 Å². The minimum Gasteiger partial charge on any atom is -0.495 e. The lowest BCUT2D eigenvalue weighted by Gasteiger charge is -2.10. The largest absolute Gasteiger partial charge is 0.495 e. The zero-order valence-electron chi connectivity index (χ0n) is 11.9. The molecule has 2 aromatic rings. The Bertz CT molecular complexity index is 717. The molecule has 0 spiro atoms. The molecule has 0 aromatic heterocycles. The van der Waals surface area contributed by atoms with Crippen LogP contribution in [0.4, 0.5) is 5.69 Å². The van der Waals surface area contributed by atoms with Crippen molar-refractivity contribution in [3.8, 4) is 17.2 Å². The highest BCUT2D eigenvalue weighted by molar-refractivity contribution is 6.31. The third-order valence-electron chi connectivity index (χ3n) is 3.24.